The summed E-state index contributed by atoms with van der Waals surface area (Å²) in [6, 6.07) is 0. The first-order valence-corrected chi connectivity index (χ1v) is 5.44. The molecule has 78 valence electrons. The van der Waals surface area contributed by atoms with Crippen LogP contribution >= 0.6 is 0 Å². The van der Waals surface area contributed by atoms with Crippen molar-refractivity contribution in [3.8, 4) is 0 Å². The highest BCUT2D eigenvalue weighted by molar-refractivity contribution is 4.82. The van der Waals surface area contributed by atoms with E-state index in [9.17, 15) is 5.11 Å². The van der Waals surface area contributed by atoms with Gasteiger partial charge in [-0.15, -0.1) is 0 Å². The topological polar surface area (TPSA) is 32.3 Å². The predicted molar refractivity (Wildman–Crippen MR) is 55.7 cm³/mol. The van der Waals surface area contributed by atoms with Crippen LogP contribution in [0.3, 0.4) is 0 Å². The van der Waals surface area contributed by atoms with Crippen LogP contribution in [-0.2, 0) is 0 Å². The molecular formula is C11H23NO. The number of hydrogen-bond donors (Lipinski definition) is 2. The fraction of sp³-hybridized carbons (Fsp3) is 1.00. The highest BCUT2D eigenvalue weighted by Gasteiger charge is 2.26. The Balaban J connectivity index is 2.25. The molecule has 2 N–H and O–H groups in total. The van der Waals surface area contributed by atoms with E-state index in [2.05, 4.69) is 26.1 Å². The highest BCUT2D eigenvalue weighted by atomic mass is 16.3. The third kappa shape index (κ3) is 3.28. The van der Waals surface area contributed by atoms with Gasteiger partial charge in [0.05, 0.1) is 6.10 Å². The molecule has 2 nitrogen and oxygen atoms in total. The van der Waals surface area contributed by atoms with Gasteiger partial charge in [-0.05, 0) is 24.2 Å². The first kappa shape index (κ1) is 11.0. The second kappa shape index (κ2) is 4.43. The third-order valence-corrected chi connectivity index (χ3v) is 3.45. The van der Waals surface area contributed by atoms with Gasteiger partial charge in [-0.2, -0.15) is 0 Å². The van der Waals surface area contributed by atoms with Gasteiger partial charge < -0.3 is 10.4 Å². The van der Waals surface area contributed by atoms with E-state index in [0.29, 0.717) is 11.3 Å². The lowest BCUT2D eigenvalue weighted by atomic mass is 9.82. The second-order valence-electron chi connectivity index (χ2n) is 5.04. The summed E-state index contributed by atoms with van der Waals surface area (Å²) in [6.45, 7) is 8.64. The first-order valence-electron chi connectivity index (χ1n) is 5.44. The fourth-order valence-corrected chi connectivity index (χ4v) is 1.77. The standard InChI is InChI=1S/C11H23NO/c1-4-11(2,3)6-5-9-7-12-8-10(9)13/h9-10,12-13H,4-8H2,1-3H3/t9-,10-/m1/s1. The lowest BCUT2D eigenvalue weighted by Gasteiger charge is -2.24. The Morgan fingerprint density at radius 1 is 1.38 bits per heavy atom. The number of hydrogen-bond acceptors (Lipinski definition) is 2. The van der Waals surface area contributed by atoms with E-state index in [1.165, 1.54) is 12.8 Å². The van der Waals surface area contributed by atoms with Gasteiger partial charge in [0, 0.05) is 13.1 Å². The lowest BCUT2D eigenvalue weighted by molar-refractivity contribution is 0.132. The van der Waals surface area contributed by atoms with Crippen molar-refractivity contribution in [3.05, 3.63) is 0 Å². The Bertz CT molecular complexity index is 156. The predicted octanol–water partition coefficient (Wildman–Crippen LogP) is 1.78. The molecule has 0 aromatic carbocycles. The molecule has 1 heterocycles. The van der Waals surface area contributed by atoms with Crippen LogP contribution in [0, 0.1) is 11.3 Å². The zero-order chi connectivity index (χ0) is 9.90. The molecule has 0 unspecified atom stereocenters. The van der Waals surface area contributed by atoms with E-state index in [1.807, 2.05) is 0 Å². The Labute approximate surface area is 81.7 Å². The van der Waals surface area contributed by atoms with Crippen LogP contribution < -0.4 is 5.32 Å². The van der Waals surface area contributed by atoms with E-state index < -0.39 is 0 Å². The Morgan fingerprint density at radius 2 is 2.08 bits per heavy atom. The van der Waals surface area contributed by atoms with Crippen LogP contribution in [0.2, 0.25) is 0 Å². The molecule has 0 spiro atoms. The zero-order valence-electron chi connectivity index (χ0n) is 9.14. The summed E-state index contributed by atoms with van der Waals surface area (Å²) in [5.41, 5.74) is 0.447. The minimum absolute atomic E-state index is 0.104. The number of aliphatic hydroxyl groups excluding tert-OH is 1. The summed E-state index contributed by atoms with van der Waals surface area (Å²) < 4.78 is 0. The van der Waals surface area contributed by atoms with Gasteiger partial charge in [0.25, 0.3) is 0 Å². The largest absolute Gasteiger partial charge is 0.391 e. The number of aliphatic hydroxyl groups is 1. The molecule has 0 saturated carbocycles. The van der Waals surface area contributed by atoms with Crippen LogP contribution in [0.25, 0.3) is 0 Å². The third-order valence-electron chi connectivity index (χ3n) is 3.45. The first-order chi connectivity index (χ1) is 6.05. The zero-order valence-corrected chi connectivity index (χ0v) is 9.14. The Kier molecular flexibility index (Phi) is 3.74. The van der Waals surface area contributed by atoms with Crippen LogP contribution in [0.5, 0.6) is 0 Å². The Hall–Kier alpha value is -0.0800. The average molecular weight is 185 g/mol. The molecule has 0 amide bonds. The van der Waals surface area contributed by atoms with E-state index in [0.717, 1.165) is 19.5 Å². The quantitative estimate of drug-likeness (QED) is 0.700. The van der Waals surface area contributed by atoms with Gasteiger partial charge in [-0.1, -0.05) is 27.2 Å². The number of rotatable bonds is 4. The molecule has 0 radical (unpaired) electrons. The molecule has 2 atom stereocenters. The van der Waals surface area contributed by atoms with Crippen molar-refractivity contribution in [2.45, 2.75) is 46.1 Å². The number of β-amino-alcohol motifs (C(OH)–C–C–N with tert-alkyl or cyclic N) is 1. The highest BCUT2D eigenvalue weighted by Crippen LogP contribution is 2.29. The monoisotopic (exact) mass is 185 g/mol. The SMILES string of the molecule is CCC(C)(C)CC[C@@H]1CNC[C@H]1O. The summed E-state index contributed by atoms with van der Waals surface area (Å²) in [5, 5.41) is 12.8. The molecule has 0 aromatic heterocycles. The molecule has 0 aromatic rings. The van der Waals surface area contributed by atoms with E-state index in [1.54, 1.807) is 0 Å². The smallest absolute Gasteiger partial charge is 0.0704 e. The summed E-state index contributed by atoms with van der Waals surface area (Å²) in [5.74, 6) is 0.492. The molecule has 1 aliphatic rings. The van der Waals surface area contributed by atoms with Gasteiger partial charge >= 0.3 is 0 Å². The molecule has 13 heavy (non-hydrogen) atoms. The molecule has 1 fully saturated rings. The van der Waals surface area contributed by atoms with Crippen molar-refractivity contribution in [1.29, 1.82) is 0 Å². The van der Waals surface area contributed by atoms with Gasteiger partial charge in [0.15, 0.2) is 0 Å². The summed E-state index contributed by atoms with van der Waals surface area (Å²) >= 11 is 0. The van der Waals surface area contributed by atoms with Crippen molar-refractivity contribution >= 4 is 0 Å². The molecule has 1 rings (SSSR count). The van der Waals surface area contributed by atoms with Crippen LogP contribution in [0.4, 0.5) is 0 Å². The fourth-order valence-electron chi connectivity index (χ4n) is 1.77. The minimum Gasteiger partial charge on any atom is -0.391 e. The maximum atomic E-state index is 9.60. The minimum atomic E-state index is -0.104. The summed E-state index contributed by atoms with van der Waals surface area (Å²) in [4.78, 5) is 0. The second-order valence-corrected chi connectivity index (χ2v) is 5.04. The molecule has 2 heteroatoms. The van der Waals surface area contributed by atoms with Crippen molar-refractivity contribution in [1.82, 2.24) is 5.32 Å². The van der Waals surface area contributed by atoms with Crippen LogP contribution in [-0.4, -0.2) is 24.3 Å². The maximum Gasteiger partial charge on any atom is 0.0704 e. The van der Waals surface area contributed by atoms with E-state index in [4.69, 9.17) is 0 Å². The molecule has 1 saturated heterocycles. The summed E-state index contributed by atoms with van der Waals surface area (Å²) in [7, 11) is 0. The molecular weight excluding hydrogens is 162 g/mol. The maximum absolute atomic E-state index is 9.60. The van der Waals surface area contributed by atoms with E-state index >= 15 is 0 Å². The van der Waals surface area contributed by atoms with Gasteiger partial charge in [0.1, 0.15) is 0 Å². The van der Waals surface area contributed by atoms with Crippen LogP contribution in [0.15, 0.2) is 0 Å². The van der Waals surface area contributed by atoms with Crippen molar-refractivity contribution in [2.24, 2.45) is 11.3 Å². The van der Waals surface area contributed by atoms with Crippen LogP contribution in [0.1, 0.15) is 40.0 Å². The van der Waals surface area contributed by atoms with Gasteiger partial charge in [-0.3, -0.25) is 0 Å². The van der Waals surface area contributed by atoms with Crippen molar-refractivity contribution < 1.29 is 5.11 Å². The van der Waals surface area contributed by atoms with E-state index in [-0.39, 0.29) is 6.10 Å². The van der Waals surface area contributed by atoms with Gasteiger partial charge in [-0.25, -0.2) is 0 Å². The number of nitrogens with one attached hydrogen (secondary N) is 1. The normalized spacial score (nSPS) is 29.5. The van der Waals surface area contributed by atoms with Gasteiger partial charge in [0.2, 0.25) is 0 Å². The van der Waals surface area contributed by atoms with Crippen molar-refractivity contribution in [3.63, 3.8) is 0 Å². The van der Waals surface area contributed by atoms with Crippen molar-refractivity contribution in [2.75, 3.05) is 13.1 Å². The molecule has 0 bridgehead atoms. The molecule has 1 aliphatic heterocycles. The average Bonchev–Trinajstić information content (AvgIpc) is 2.48. The lowest BCUT2D eigenvalue weighted by Crippen LogP contribution is -2.20. The Morgan fingerprint density at radius 3 is 2.54 bits per heavy atom. The molecule has 0 aliphatic carbocycles. The summed E-state index contributed by atoms with van der Waals surface area (Å²) in [6.07, 6.45) is 3.51.